The van der Waals surface area contributed by atoms with Gasteiger partial charge in [0.15, 0.2) is 0 Å². The molecule has 2 heterocycles. The Morgan fingerprint density at radius 1 is 1.46 bits per heavy atom. The van der Waals surface area contributed by atoms with Crippen molar-refractivity contribution in [1.82, 2.24) is 9.80 Å². The predicted molar refractivity (Wildman–Crippen MR) is 88.9 cm³/mol. The summed E-state index contributed by atoms with van der Waals surface area (Å²) in [4.78, 5) is 27.6. The number of hydrogen-bond acceptors (Lipinski definition) is 5. The highest BCUT2D eigenvalue weighted by Crippen LogP contribution is 2.44. The summed E-state index contributed by atoms with van der Waals surface area (Å²) >= 11 is 0. The highest BCUT2D eigenvalue weighted by atomic mass is 16.6. The molecule has 2 fully saturated rings. The van der Waals surface area contributed by atoms with E-state index in [1.807, 2.05) is 20.8 Å². The maximum Gasteiger partial charge on any atom is 0.410 e. The molecule has 1 spiro atoms. The Morgan fingerprint density at radius 3 is 2.54 bits per heavy atom. The maximum atomic E-state index is 12.6. The number of aliphatic hydroxyl groups is 1. The molecule has 7 nitrogen and oxygen atoms in total. The molecular formula is C17H27N3O4. The summed E-state index contributed by atoms with van der Waals surface area (Å²) in [5.41, 5.74) is 4.27. The van der Waals surface area contributed by atoms with Crippen molar-refractivity contribution in [2.75, 3.05) is 13.1 Å². The van der Waals surface area contributed by atoms with Crippen LogP contribution in [0.1, 0.15) is 40.5 Å². The topological polar surface area (TPSA) is 96.1 Å². The van der Waals surface area contributed by atoms with Crippen LogP contribution < -0.4 is 5.73 Å². The average molecular weight is 337 g/mol. The Balaban J connectivity index is 2.23. The number of rotatable bonds is 3. The summed E-state index contributed by atoms with van der Waals surface area (Å²) in [5, 5.41) is 9.87. The highest BCUT2D eigenvalue weighted by Gasteiger charge is 2.62. The molecule has 0 radical (unpaired) electrons. The Labute approximate surface area is 143 Å². The summed E-state index contributed by atoms with van der Waals surface area (Å²) in [6.07, 6.45) is 5.93. The first-order chi connectivity index (χ1) is 11.0. The fourth-order valence-corrected chi connectivity index (χ4v) is 3.82. The van der Waals surface area contributed by atoms with Gasteiger partial charge in [0, 0.05) is 13.1 Å². The average Bonchev–Trinajstić information content (AvgIpc) is 2.82. The van der Waals surface area contributed by atoms with E-state index >= 15 is 0 Å². The normalized spacial score (nSPS) is 29.7. The van der Waals surface area contributed by atoms with Gasteiger partial charge in [0.1, 0.15) is 11.6 Å². The summed E-state index contributed by atoms with van der Waals surface area (Å²) in [6, 6.07) is -1.34. The lowest BCUT2D eigenvalue weighted by Crippen LogP contribution is -2.78. The molecule has 0 bridgehead atoms. The summed E-state index contributed by atoms with van der Waals surface area (Å²) in [5.74, 6) is 2.06. The van der Waals surface area contributed by atoms with E-state index in [-0.39, 0.29) is 0 Å². The second kappa shape index (κ2) is 6.26. The van der Waals surface area contributed by atoms with E-state index in [1.54, 1.807) is 9.80 Å². The van der Waals surface area contributed by atoms with Gasteiger partial charge in [-0.15, -0.1) is 6.42 Å². The van der Waals surface area contributed by atoms with Crippen molar-refractivity contribution < 1.29 is 19.4 Å². The largest absolute Gasteiger partial charge is 0.444 e. The highest BCUT2D eigenvalue weighted by molar-refractivity contribution is 5.81. The van der Waals surface area contributed by atoms with E-state index in [0.717, 1.165) is 12.8 Å². The standard InChI is InChI=1S/C17H27N3O4/c1-6-12-17(10-19(12)13(11(2)21)14(18)22)8-7-9-20(17)15(23)24-16(3,4)5/h1,11-13,21H,7-10H2,2-5H3,(H2,18,22)/t11-,12?,13+,17?/m1/s1. The minimum atomic E-state index is -0.938. The number of aliphatic hydroxyl groups excluding tert-OH is 1. The zero-order valence-electron chi connectivity index (χ0n) is 14.8. The van der Waals surface area contributed by atoms with Crippen LogP contribution in [0.2, 0.25) is 0 Å². The van der Waals surface area contributed by atoms with Crippen molar-refractivity contribution in [2.45, 2.75) is 69.9 Å². The van der Waals surface area contributed by atoms with Crippen LogP contribution in [-0.2, 0) is 9.53 Å². The van der Waals surface area contributed by atoms with Crippen LogP contribution >= 0.6 is 0 Å². The van der Waals surface area contributed by atoms with Crippen LogP contribution in [0.15, 0.2) is 0 Å². The Morgan fingerprint density at radius 2 is 2.08 bits per heavy atom. The minimum absolute atomic E-state index is 0.396. The Bertz CT molecular complexity index is 563. The number of nitrogens with two attached hydrogens (primary N) is 1. The number of terminal acetylenes is 1. The molecule has 7 heteroatoms. The van der Waals surface area contributed by atoms with Crippen LogP contribution in [0.5, 0.6) is 0 Å². The van der Waals surface area contributed by atoms with Crippen molar-refractivity contribution in [3.8, 4) is 12.3 Å². The lowest BCUT2D eigenvalue weighted by molar-refractivity contribution is -0.143. The summed E-state index contributed by atoms with van der Waals surface area (Å²) in [6.45, 7) is 7.92. The van der Waals surface area contributed by atoms with Crippen LogP contribution in [0.4, 0.5) is 4.79 Å². The molecule has 2 aliphatic heterocycles. The molecule has 0 saturated carbocycles. The summed E-state index contributed by atoms with van der Waals surface area (Å²) < 4.78 is 5.50. The number of carbonyl (C=O) groups is 2. The van der Waals surface area contributed by atoms with Gasteiger partial charge in [0.05, 0.1) is 17.7 Å². The molecule has 2 aliphatic rings. The molecule has 2 amide bonds. The lowest BCUT2D eigenvalue weighted by Gasteiger charge is -2.59. The number of ether oxygens (including phenoxy) is 1. The van der Waals surface area contributed by atoms with Gasteiger partial charge in [-0.1, -0.05) is 5.92 Å². The molecule has 0 aromatic rings. The molecule has 24 heavy (non-hydrogen) atoms. The number of amides is 2. The molecule has 3 N–H and O–H groups in total. The molecule has 2 rings (SSSR count). The Kier molecular flexibility index (Phi) is 4.84. The van der Waals surface area contributed by atoms with Crippen LogP contribution in [-0.4, -0.2) is 69.3 Å². The van der Waals surface area contributed by atoms with Crippen LogP contribution in [0, 0.1) is 12.3 Å². The van der Waals surface area contributed by atoms with E-state index in [2.05, 4.69) is 5.92 Å². The van der Waals surface area contributed by atoms with Gasteiger partial charge in [-0.25, -0.2) is 4.79 Å². The van der Waals surface area contributed by atoms with Crippen molar-refractivity contribution in [2.24, 2.45) is 5.73 Å². The molecule has 4 atom stereocenters. The van der Waals surface area contributed by atoms with Gasteiger partial charge in [-0.05, 0) is 40.5 Å². The number of likely N-dealkylation sites (tertiary alicyclic amines) is 2. The first-order valence-electron chi connectivity index (χ1n) is 8.23. The van der Waals surface area contributed by atoms with Gasteiger partial charge >= 0.3 is 6.09 Å². The fourth-order valence-electron chi connectivity index (χ4n) is 3.82. The molecule has 0 aromatic heterocycles. The second-order valence-electron chi connectivity index (χ2n) is 7.67. The first kappa shape index (κ1) is 18.6. The third kappa shape index (κ3) is 3.08. The quantitative estimate of drug-likeness (QED) is 0.723. The van der Waals surface area contributed by atoms with Crippen LogP contribution in [0.25, 0.3) is 0 Å². The fraction of sp³-hybridized carbons (Fsp3) is 0.765. The number of primary amides is 1. The van der Waals surface area contributed by atoms with Gasteiger partial charge < -0.3 is 15.6 Å². The van der Waals surface area contributed by atoms with E-state index in [1.165, 1.54) is 6.92 Å². The van der Waals surface area contributed by atoms with Crippen LogP contribution in [0.3, 0.4) is 0 Å². The number of carbonyl (C=O) groups excluding carboxylic acids is 2. The molecular weight excluding hydrogens is 310 g/mol. The van der Waals surface area contributed by atoms with Crippen molar-refractivity contribution in [3.05, 3.63) is 0 Å². The van der Waals surface area contributed by atoms with E-state index < -0.39 is 41.3 Å². The van der Waals surface area contributed by atoms with Gasteiger partial charge in [-0.3, -0.25) is 14.6 Å². The number of hydrogen-bond donors (Lipinski definition) is 2. The van der Waals surface area contributed by atoms with Crippen molar-refractivity contribution >= 4 is 12.0 Å². The molecule has 2 unspecified atom stereocenters. The van der Waals surface area contributed by atoms with Gasteiger partial charge in [0.2, 0.25) is 5.91 Å². The summed E-state index contributed by atoms with van der Waals surface area (Å²) in [7, 11) is 0. The maximum absolute atomic E-state index is 12.6. The van der Waals surface area contributed by atoms with Gasteiger partial charge in [-0.2, -0.15) is 0 Å². The predicted octanol–water partition coefficient (Wildman–Crippen LogP) is 0.308. The molecule has 0 aliphatic carbocycles. The lowest BCUT2D eigenvalue weighted by atomic mass is 9.76. The van der Waals surface area contributed by atoms with Crippen molar-refractivity contribution in [3.63, 3.8) is 0 Å². The smallest absolute Gasteiger partial charge is 0.410 e. The molecule has 134 valence electrons. The van der Waals surface area contributed by atoms with E-state index in [4.69, 9.17) is 16.9 Å². The van der Waals surface area contributed by atoms with E-state index in [0.29, 0.717) is 13.1 Å². The van der Waals surface area contributed by atoms with Gasteiger partial charge in [0.25, 0.3) is 0 Å². The second-order valence-corrected chi connectivity index (χ2v) is 7.67. The minimum Gasteiger partial charge on any atom is -0.444 e. The SMILES string of the molecule is C#CC1N([C@H](C(N)=O)[C@@H](C)O)CC12CCCN2C(=O)OC(C)(C)C. The Hall–Kier alpha value is -1.78. The third-order valence-corrected chi connectivity index (χ3v) is 4.70. The molecule has 0 aromatic carbocycles. The first-order valence-corrected chi connectivity index (χ1v) is 8.23. The van der Waals surface area contributed by atoms with E-state index in [9.17, 15) is 14.7 Å². The monoisotopic (exact) mass is 337 g/mol. The number of nitrogens with zero attached hydrogens (tertiary/aromatic N) is 2. The zero-order chi connectivity index (χ0) is 18.3. The van der Waals surface area contributed by atoms with Crippen molar-refractivity contribution in [1.29, 1.82) is 0 Å². The third-order valence-electron chi connectivity index (χ3n) is 4.70. The zero-order valence-corrected chi connectivity index (χ0v) is 14.8. The molecule has 2 saturated heterocycles.